The number of halogens is 1. The second-order valence-corrected chi connectivity index (χ2v) is 6.19. The van der Waals surface area contributed by atoms with Crippen molar-refractivity contribution in [2.24, 2.45) is 0 Å². The van der Waals surface area contributed by atoms with Crippen molar-refractivity contribution in [3.8, 4) is 0 Å². The molecule has 0 atom stereocenters. The largest absolute Gasteiger partial charge is 0.380 e. The Morgan fingerprint density at radius 3 is 3.00 bits per heavy atom. The first-order chi connectivity index (χ1) is 11.7. The van der Waals surface area contributed by atoms with Crippen LogP contribution < -0.4 is 10.6 Å². The van der Waals surface area contributed by atoms with Gasteiger partial charge in [0.25, 0.3) is 5.91 Å². The SMILES string of the molecule is COCc1cc(Cl)ccc1NC(=O)c1cn(C2CCNCC2)nn1. The van der Waals surface area contributed by atoms with E-state index in [0.29, 0.717) is 29.1 Å². The molecule has 1 amide bonds. The van der Waals surface area contributed by atoms with Crippen molar-refractivity contribution in [1.29, 1.82) is 0 Å². The monoisotopic (exact) mass is 349 g/mol. The molecule has 0 spiro atoms. The van der Waals surface area contributed by atoms with Crippen LogP contribution in [0.15, 0.2) is 24.4 Å². The van der Waals surface area contributed by atoms with Crippen LogP contribution in [-0.2, 0) is 11.3 Å². The van der Waals surface area contributed by atoms with Crippen molar-refractivity contribution < 1.29 is 9.53 Å². The molecule has 2 aromatic rings. The average molecular weight is 350 g/mol. The minimum atomic E-state index is -0.296. The van der Waals surface area contributed by atoms with E-state index in [1.165, 1.54) is 0 Å². The van der Waals surface area contributed by atoms with Gasteiger partial charge in [0.15, 0.2) is 5.69 Å². The molecule has 128 valence electrons. The number of amides is 1. The number of carbonyl (C=O) groups excluding carboxylic acids is 1. The summed E-state index contributed by atoms with van der Waals surface area (Å²) in [5.41, 5.74) is 1.76. The number of hydrogen-bond acceptors (Lipinski definition) is 5. The Morgan fingerprint density at radius 1 is 1.46 bits per heavy atom. The van der Waals surface area contributed by atoms with Crippen LogP contribution in [0.1, 0.15) is 34.9 Å². The van der Waals surface area contributed by atoms with Crippen LogP contribution in [0.4, 0.5) is 5.69 Å². The smallest absolute Gasteiger partial charge is 0.277 e. The summed E-state index contributed by atoms with van der Waals surface area (Å²) >= 11 is 6.00. The first-order valence-corrected chi connectivity index (χ1v) is 8.26. The molecule has 3 rings (SSSR count). The molecule has 24 heavy (non-hydrogen) atoms. The number of methoxy groups -OCH3 is 1. The Labute approximate surface area is 145 Å². The van der Waals surface area contributed by atoms with Crippen LogP contribution >= 0.6 is 11.6 Å². The maximum absolute atomic E-state index is 12.4. The van der Waals surface area contributed by atoms with Crippen LogP contribution in [-0.4, -0.2) is 41.1 Å². The van der Waals surface area contributed by atoms with Gasteiger partial charge in [-0.15, -0.1) is 5.10 Å². The van der Waals surface area contributed by atoms with Gasteiger partial charge in [-0.05, 0) is 44.1 Å². The van der Waals surface area contributed by atoms with E-state index in [0.717, 1.165) is 31.5 Å². The fourth-order valence-corrected chi connectivity index (χ4v) is 2.97. The zero-order valence-electron chi connectivity index (χ0n) is 13.5. The number of benzene rings is 1. The van der Waals surface area contributed by atoms with Crippen LogP contribution in [0.25, 0.3) is 0 Å². The number of rotatable bonds is 5. The van der Waals surface area contributed by atoms with Gasteiger partial charge in [0.1, 0.15) is 0 Å². The lowest BCUT2D eigenvalue weighted by atomic mass is 10.1. The summed E-state index contributed by atoms with van der Waals surface area (Å²) in [6.07, 6.45) is 3.68. The predicted octanol–water partition coefficient (Wildman–Crippen LogP) is 2.25. The summed E-state index contributed by atoms with van der Waals surface area (Å²) in [5, 5.41) is 14.9. The Kier molecular flexibility index (Phi) is 5.44. The molecule has 7 nitrogen and oxygen atoms in total. The topological polar surface area (TPSA) is 81.1 Å². The molecule has 0 saturated carbocycles. The zero-order valence-corrected chi connectivity index (χ0v) is 14.2. The fourth-order valence-electron chi connectivity index (χ4n) is 2.78. The number of anilines is 1. The standard InChI is InChI=1S/C16H20ClN5O2/c1-24-10-11-8-12(17)2-3-14(11)19-16(23)15-9-22(21-20-15)13-4-6-18-7-5-13/h2-3,8-9,13,18H,4-7,10H2,1H3,(H,19,23). The summed E-state index contributed by atoms with van der Waals surface area (Å²) < 4.78 is 6.93. The molecule has 0 aliphatic carbocycles. The lowest BCUT2D eigenvalue weighted by Crippen LogP contribution is -2.29. The van der Waals surface area contributed by atoms with Crippen molar-refractivity contribution in [3.63, 3.8) is 0 Å². The second-order valence-electron chi connectivity index (χ2n) is 5.75. The Balaban J connectivity index is 1.72. The van der Waals surface area contributed by atoms with Crippen molar-refractivity contribution >= 4 is 23.2 Å². The molecule has 1 aromatic heterocycles. The van der Waals surface area contributed by atoms with Gasteiger partial charge in [0.05, 0.1) is 18.8 Å². The first-order valence-electron chi connectivity index (χ1n) is 7.88. The van der Waals surface area contributed by atoms with Crippen LogP contribution in [0.3, 0.4) is 0 Å². The molecule has 0 unspecified atom stereocenters. The highest BCUT2D eigenvalue weighted by atomic mass is 35.5. The van der Waals surface area contributed by atoms with Crippen LogP contribution in [0, 0.1) is 0 Å². The van der Waals surface area contributed by atoms with Crippen molar-refractivity contribution in [2.45, 2.75) is 25.5 Å². The number of carbonyl (C=O) groups is 1. The van der Waals surface area contributed by atoms with Gasteiger partial charge in [-0.25, -0.2) is 4.68 Å². The Morgan fingerprint density at radius 2 is 2.25 bits per heavy atom. The maximum Gasteiger partial charge on any atom is 0.277 e. The third-order valence-corrected chi connectivity index (χ3v) is 4.28. The van der Waals surface area contributed by atoms with E-state index >= 15 is 0 Å². The maximum atomic E-state index is 12.4. The lowest BCUT2D eigenvalue weighted by Gasteiger charge is -2.22. The summed E-state index contributed by atoms with van der Waals surface area (Å²) in [5.74, 6) is -0.296. The number of ether oxygens (including phenoxy) is 1. The number of aromatic nitrogens is 3. The molecule has 1 aliphatic heterocycles. The zero-order chi connectivity index (χ0) is 16.9. The third-order valence-electron chi connectivity index (χ3n) is 4.04. The Bertz CT molecular complexity index is 712. The molecule has 8 heteroatoms. The lowest BCUT2D eigenvalue weighted by molar-refractivity contribution is 0.102. The molecule has 1 saturated heterocycles. The van der Waals surface area contributed by atoms with E-state index in [2.05, 4.69) is 20.9 Å². The molecular weight excluding hydrogens is 330 g/mol. The highest BCUT2D eigenvalue weighted by Crippen LogP contribution is 2.22. The molecule has 1 fully saturated rings. The Hall–Kier alpha value is -1.96. The highest BCUT2D eigenvalue weighted by molar-refractivity contribution is 6.30. The van der Waals surface area contributed by atoms with Crippen LogP contribution in [0.2, 0.25) is 5.02 Å². The summed E-state index contributed by atoms with van der Waals surface area (Å²) in [6, 6.07) is 5.54. The van der Waals surface area contributed by atoms with Gasteiger partial charge in [0.2, 0.25) is 0 Å². The average Bonchev–Trinajstić information content (AvgIpc) is 3.08. The van der Waals surface area contributed by atoms with Gasteiger partial charge >= 0.3 is 0 Å². The van der Waals surface area contributed by atoms with Gasteiger partial charge in [0, 0.05) is 23.4 Å². The van der Waals surface area contributed by atoms with E-state index in [4.69, 9.17) is 16.3 Å². The van der Waals surface area contributed by atoms with Gasteiger partial charge in [-0.2, -0.15) is 0 Å². The molecule has 2 N–H and O–H groups in total. The quantitative estimate of drug-likeness (QED) is 0.865. The predicted molar refractivity (Wildman–Crippen MR) is 91.3 cm³/mol. The number of hydrogen-bond donors (Lipinski definition) is 2. The van der Waals surface area contributed by atoms with Gasteiger partial charge in [-0.3, -0.25) is 4.79 Å². The number of nitrogens with one attached hydrogen (secondary N) is 2. The molecule has 2 heterocycles. The van der Waals surface area contributed by atoms with E-state index in [-0.39, 0.29) is 5.91 Å². The van der Waals surface area contributed by atoms with E-state index in [1.54, 1.807) is 36.2 Å². The molecule has 1 aromatic carbocycles. The van der Waals surface area contributed by atoms with Gasteiger partial charge in [-0.1, -0.05) is 16.8 Å². The van der Waals surface area contributed by atoms with Gasteiger partial charge < -0.3 is 15.4 Å². The van der Waals surface area contributed by atoms with E-state index in [9.17, 15) is 4.79 Å². The molecule has 0 bridgehead atoms. The highest BCUT2D eigenvalue weighted by Gasteiger charge is 2.19. The van der Waals surface area contributed by atoms with E-state index in [1.807, 2.05) is 0 Å². The van der Waals surface area contributed by atoms with Crippen molar-refractivity contribution in [2.75, 3.05) is 25.5 Å². The third kappa shape index (κ3) is 3.92. The summed E-state index contributed by atoms with van der Waals surface area (Å²) in [4.78, 5) is 12.4. The number of nitrogens with zero attached hydrogens (tertiary/aromatic N) is 3. The minimum Gasteiger partial charge on any atom is -0.380 e. The summed E-state index contributed by atoms with van der Waals surface area (Å²) in [7, 11) is 1.59. The van der Waals surface area contributed by atoms with Crippen molar-refractivity contribution in [3.05, 3.63) is 40.7 Å². The normalized spacial score (nSPS) is 15.4. The van der Waals surface area contributed by atoms with Crippen molar-refractivity contribution in [1.82, 2.24) is 20.3 Å². The number of piperidine rings is 1. The molecule has 0 radical (unpaired) electrons. The molecule has 1 aliphatic rings. The second kappa shape index (κ2) is 7.74. The fraction of sp³-hybridized carbons (Fsp3) is 0.438. The molecular formula is C16H20ClN5O2. The van der Waals surface area contributed by atoms with E-state index < -0.39 is 0 Å². The first kappa shape index (κ1) is 16.9. The van der Waals surface area contributed by atoms with Crippen LogP contribution in [0.5, 0.6) is 0 Å². The minimum absolute atomic E-state index is 0.292. The summed E-state index contributed by atoms with van der Waals surface area (Å²) in [6.45, 7) is 2.27.